The van der Waals surface area contributed by atoms with Gasteiger partial charge in [0.25, 0.3) is 0 Å². The average Bonchev–Trinajstić information content (AvgIpc) is 3.31. The van der Waals surface area contributed by atoms with Crippen molar-refractivity contribution in [3.63, 3.8) is 0 Å². The molecule has 6 nitrogen and oxygen atoms in total. The molecule has 0 aromatic carbocycles. The first-order chi connectivity index (χ1) is 11.7. The number of piperazine rings is 1. The summed E-state index contributed by atoms with van der Waals surface area (Å²) >= 11 is 1.64. The van der Waals surface area contributed by atoms with E-state index in [4.69, 9.17) is 4.52 Å². The number of nitrogens with one attached hydrogen (secondary N) is 1. The lowest BCUT2D eigenvalue weighted by atomic mass is 9.89. The fraction of sp³-hybridized carbons (Fsp3) is 0.647. The Bertz CT molecular complexity index is 642. The van der Waals surface area contributed by atoms with E-state index >= 15 is 0 Å². The highest BCUT2D eigenvalue weighted by Crippen LogP contribution is 2.26. The van der Waals surface area contributed by atoms with Crippen LogP contribution >= 0.6 is 11.3 Å². The summed E-state index contributed by atoms with van der Waals surface area (Å²) in [5.74, 6) is 1.43. The van der Waals surface area contributed by atoms with E-state index in [-0.39, 0.29) is 0 Å². The van der Waals surface area contributed by atoms with Gasteiger partial charge in [0.2, 0.25) is 11.7 Å². The van der Waals surface area contributed by atoms with E-state index in [0.29, 0.717) is 11.2 Å². The van der Waals surface area contributed by atoms with Crippen molar-refractivity contribution in [3.05, 3.63) is 23.4 Å². The van der Waals surface area contributed by atoms with Crippen LogP contribution in [0.15, 0.2) is 22.0 Å². The first-order valence-corrected chi connectivity index (χ1v) is 9.60. The average molecular weight is 347 g/mol. The van der Waals surface area contributed by atoms with Crippen molar-refractivity contribution in [3.8, 4) is 10.7 Å². The second kappa shape index (κ2) is 6.92. The van der Waals surface area contributed by atoms with Crippen LogP contribution in [-0.2, 0) is 6.54 Å². The lowest BCUT2D eigenvalue weighted by molar-refractivity contribution is 0.0869. The van der Waals surface area contributed by atoms with Crippen LogP contribution in [0.3, 0.4) is 0 Å². The van der Waals surface area contributed by atoms with E-state index in [1.54, 1.807) is 11.3 Å². The molecule has 24 heavy (non-hydrogen) atoms. The molecule has 0 saturated carbocycles. The summed E-state index contributed by atoms with van der Waals surface area (Å²) in [6.07, 6.45) is 1.29. The van der Waals surface area contributed by atoms with Gasteiger partial charge in [-0.15, -0.1) is 11.3 Å². The molecule has 130 valence electrons. The first kappa shape index (κ1) is 16.2. The topological polar surface area (TPSA) is 57.4 Å². The summed E-state index contributed by atoms with van der Waals surface area (Å²) in [7, 11) is 0. The van der Waals surface area contributed by atoms with Gasteiger partial charge in [-0.25, -0.2) is 0 Å². The van der Waals surface area contributed by atoms with Crippen molar-refractivity contribution < 1.29 is 4.52 Å². The van der Waals surface area contributed by atoms with Gasteiger partial charge in [0.15, 0.2) is 0 Å². The van der Waals surface area contributed by atoms with Gasteiger partial charge in [0.05, 0.1) is 11.4 Å². The number of hydrogen-bond donors (Lipinski definition) is 1. The molecule has 2 aromatic rings. The van der Waals surface area contributed by atoms with Crippen LogP contribution in [0.2, 0.25) is 0 Å². The summed E-state index contributed by atoms with van der Waals surface area (Å²) in [6, 6.07) is 4.03. The third-order valence-corrected chi connectivity index (χ3v) is 5.96. The van der Waals surface area contributed by atoms with Crippen LogP contribution in [0, 0.1) is 5.41 Å². The number of rotatable bonds is 5. The summed E-state index contributed by atoms with van der Waals surface area (Å²) in [4.78, 5) is 10.6. The number of nitrogens with zero attached hydrogens (tertiary/aromatic N) is 4. The number of hydrogen-bond acceptors (Lipinski definition) is 7. The number of aromatic nitrogens is 2. The molecule has 0 radical (unpaired) electrons. The Kier molecular flexibility index (Phi) is 4.67. The molecule has 1 atom stereocenters. The molecule has 0 spiro atoms. The summed E-state index contributed by atoms with van der Waals surface area (Å²) in [5.41, 5.74) is 0.449. The van der Waals surface area contributed by atoms with E-state index in [1.165, 1.54) is 19.5 Å². The Morgan fingerprint density at radius 1 is 1.29 bits per heavy atom. The van der Waals surface area contributed by atoms with Gasteiger partial charge < -0.3 is 14.7 Å². The molecule has 2 fully saturated rings. The maximum atomic E-state index is 5.42. The van der Waals surface area contributed by atoms with Crippen LogP contribution in [0.25, 0.3) is 10.7 Å². The van der Waals surface area contributed by atoms with Crippen molar-refractivity contribution in [2.75, 3.05) is 45.8 Å². The van der Waals surface area contributed by atoms with Gasteiger partial charge >= 0.3 is 0 Å². The van der Waals surface area contributed by atoms with Gasteiger partial charge in [-0.3, -0.25) is 4.90 Å². The molecule has 2 aliphatic rings. The lowest BCUT2D eigenvalue weighted by Gasteiger charge is -2.38. The van der Waals surface area contributed by atoms with Gasteiger partial charge in [0.1, 0.15) is 0 Å². The van der Waals surface area contributed by atoms with E-state index in [0.717, 1.165) is 50.0 Å². The zero-order valence-corrected chi connectivity index (χ0v) is 15.0. The normalized spacial score (nSPS) is 26.2. The largest absolute Gasteiger partial charge is 0.338 e. The van der Waals surface area contributed by atoms with Crippen LogP contribution in [0.1, 0.15) is 19.2 Å². The monoisotopic (exact) mass is 347 g/mol. The van der Waals surface area contributed by atoms with E-state index in [1.807, 2.05) is 17.5 Å². The zero-order valence-electron chi connectivity index (χ0n) is 14.2. The minimum atomic E-state index is 0.449. The van der Waals surface area contributed by atoms with Crippen LogP contribution in [-0.4, -0.2) is 65.8 Å². The molecule has 0 bridgehead atoms. The minimum Gasteiger partial charge on any atom is -0.338 e. The van der Waals surface area contributed by atoms with Crippen molar-refractivity contribution in [1.82, 2.24) is 25.3 Å². The standard InChI is InChI=1S/C17H25N5OS/c1-17(4-5-18-12-17)13-22-8-6-21(7-9-22)11-15-19-16(20-23-15)14-3-2-10-24-14/h2-3,10,18H,4-9,11-13H2,1H3. The highest BCUT2D eigenvalue weighted by atomic mass is 32.1. The molecular formula is C17H25N5OS. The maximum Gasteiger partial charge on any atom is 0.241 e. The van der Waals surface area contributed by atoms with E-state index < -0.39 is 0 Å². The molecule has 4 rings (SSSR count). The minimum absolute atomic E-state index is 0.449. The molecule has 0 amide bonds. The molecule has 7 heteroatoms. The Morgan fingerprint density at radius 3 is 2.83 bits per heavy atom. The van der Waals surface area contributed by atoms with E-state index in [9.17, 15) is 0 Å². The van der Waals surface area contributed by atoms with Gasteiger partial charge in [-0.05, 0) is 29.8 Å². The molecule has 2 saturated heterocycles. The molecule has 4 heterocycles. The van der Waals surface area contributed by atoms with Gasteiger partial charge in [-0.1, -0.05) is 18.1 Å². The highest BCUT2D eigenvalue weighted by Gasteiger charge is 2.31. The Hall–Kier alpha value is -1.28. The highest BCUT2D eigenvalue weighted by molar-refractivity contribution is 7.13. The van der Waals surface area contributed by atoms with E-state index in [2.05, 4.69) is 32.2 Å². The second-order valence-electron chi connectivity index (χ2n) is 7.28. The Labute approximate surface area is 146 Å². The molecule has 1 unspecified atom stereocenters. The van der Waals surface area contributed by atoms with Crippen molar-refractivity contribution >= 4 is 11.3 Å². The Balaban J connectivity index is 1.27. The second-order valence-corrected chi connectivity index (χ2v) is 8.23. The number of thiophene rings is 1. The summed E-state index contributed by atoms with van der Waals surface area (Å²) < 4.78 is 5.42. The van der Waals surface area contributed by atoms with Gasteiger partial charge in [0, 0.05) is 39.3 Å². The third-order valence-electron chi connectivity index (χ3n) is 5.10. The molecule has 0 aliphatic carbocycles. The quantitative estimate of drug-likeness (QED) is 0.892. The fourth-order valence-electron chi connectivity index (χ4n) is 3.67. The molecule has 1 N–H and O–H groups in total. The predicted octanol–water partition coefficient (Wildman–Crippen LogP) is 1.92. The smallest absolute Gasteiger partial charge is 0.241 e. The lowest BCUT2D eigenvalue weighted by Crippen LogP contribution is -2.49. The van der Waals surface area contributed by atoms with Crippen LogP contribution in [0.4, 0.5) is 0 Å². The first-order valence-electron chi connectivity index (χ1n) is 8.72. The fourth-order valence-corrected chi connectivity index (χ4v) is 4.31. The Morgan fingerprint density at radius 2 is 2.12 bits per heavy atom. The zero-order chi connectivity index (χ0) is 16.4. The molecule has 2 aliphatic heterocycles. The molecule has 2 aromatic heterocycles. The van der Waals surface area contributed by atoms with Gasteiger partial charge in [-0.2, -0.15) is 4.98 Å². The van der Waals surface area contributed by atoms with Crippen molar-refractivity contribution in [2.24, 2.45) is 5.41 Å². The summed E-state index contributed by atoms with van der Waals surface area (Å²) in [5, 5.41) is 9.62. The van der Waals surface area contributed by atoms with Crippen molar-refractivity contribution in [1.29, 1.82) is 0 Å². The predicted molar refractivity (Wildman–Crippen MR) is 94.9 cm³/mol. The summed E-state index contributed by atoms with van der Waals surface area (Å²) in [6.45, 7) is 11.1. The molecular weight excluding hydrogens is 322 g/mol. The maximum absolute atomic E-state index is 5.42. The SMILES string of the molecule is CC1(CN2CCN(Cc3nc(-c4cccs4)no3)CC2)CCNC1. The van der Waals surface area contributed by atoms with Crippen LogP contribution < -0.4 is 5.32 Å². The third kappa shape index (κ3) is 3.69. The van der Waals surface area contributed by atoms with Crippen LogP contribution in [0.5, 0.6) is 0 Å². The van der Waals surface area contributed by atoms with Crippen molar-refractivity contribution in [2.45, 2.75) is 19.9 Å².